The zero-order valence-corrected chi connectivity index (χ0v) is 18.1. The first-order chi connectivity index (χ1) is 14.3. The van der Waals surface area contributed by atoms with Gasteiger partial charge in [-0.05, 0) is 29.2 Å². The highest BCUT2D eigenvalue weighted by Gasteiger charge is 2.32. The zero-order valence-electron chi connectivity index (χ0n) is 17.3. The summed E-state index contributed by atoms with van der Waals surface area (Å²) in [4.78, 5) is 13.5. The van der Waals surface area contributed by atoms with Crippen molar-refractivity contribution >= 4 is 15.9 Å². The summed E-state index contributed by atoms with van der Waals surface area (Å²) >= 11 is 0. The van der Waals surface area contributed by atoms with Crippen LogP contribution in [0.2, 0.25) is 0 Å². The lowest BCUT2D eigenvalue weighted by Gasteiger charge is -2.29. The number of carbonyl (C=O) groups excluding carboxylic acids is 1. The fourth-order valence-electron chi connectivity index (χ4n) is 3.47. The van der Waals surface area contributed by atoms with Gasteiger partial charge in [-0.1, -0.05) is 84.9 Å². The predicted octanol–water partition coefficient (Wildman–Crippen LogP) is 3.83. The van der Waals surface area contributed by atoms with Crippen LogP contribution in [0.25, 0.3) is 0 Å². The van der Waals surface area contributed by atoms with Crippen LogP contribution in [-0.4, -0.2) is 31.9 Å². The number of nitrogens with zero attached hydrogens (tertiary/aromatic N) is 1. The van der Waals surface area contributed by atoms with E-state index in [2.05, 4.69) is 5.32 Å². The molecule has 0 heterocycles. The molecule has 0 unspecified atom stereocenters. The molecule has 156 valence electrons. The molecule has 0 aromatic heterocycles. The SMILES string of the molecule is Cc1ccccc1[C@H](NC(=O)[C@@H](c1ccccc1)N(C)S(C)(=O)=O)c1ccccc1. The third-order valence-corrected chi connectivity index (χ3v) is 6.43. The van der Waals surface area contributed by atoms with E-state index >= 15 is 0 Å². The smallest absolute Gasteiger partial charge is 0.243 e. The van der Waals surface area contributed by atoms with Crippen LogP contribution in [0.4, 0.5) is 0 Å². The maximum absolute atomic E-state index is 13.5. The van der Waals surface area contributed by atoms with Gasteiger partial charge >= 0.3 is 0 Å². The Morgan fingerprint density at radius 3 is 1.87 bits per heavy atom. The van der Waals surface area contributed by atoms with Crippen molar-refractivity contribution in [3.8, 4) is 0 Å². The molecule has 0 aliphatic carbocycles. The van der Waals surface area contributed by atoms with Gasteiger partial charge in [0.25, 0.3) is 0 Å². The van der Waals surface area contributed by atoms with Crippen LogP contribution in [0.3, 0.4) is 0 Å². The van der Waals surface area contributed by atoms with Gasteiger partial charge in [0.15, 0.2) is 0 Å². The second-order valence-corrected chi connectivity index (χ2v) is 9.34. The maximum Gasteiger partial charge on any atom is 0.243 e. The van der Waals surface area contributed by atoms with E-state index in [9.17, 15) is 13.2 Å². The Labute approximate surface area is 178 Å². The minimum Gasteiger partial charge on any atom is -0.343 e. The van der Waals surface area contributed by atoms with Crippen LogP contribution in [0.15, 0.2) is 84.9 Å². The molecule has 0 radical (unpaired) electrons. The number of hydrogen-bond acceptors (Lipinski definition) is 3. The molecular formula is C24H26N2O3S. The summed E-state index contributed by atoms with van der Waals surface area (Å²) in [6.07, 6.45) is 1.10. The molecule has 2 atom stereocenters. The van der Waals surface area contributed by atoms with E-state index < -0.39 is 22.1 Å². The lowest BCUT2D eigenvalue weighted by atomic mass is 9.94. The molecule has 0 fully saturated rings. The Bertz CT molecular complexity index is 1100. The van der Waals surface area contributed by atoms with Crippen LogP contribution in [0, 0.1) is 6.92 Å². The molecule has 0 aliphatic heterocycles. The molecular weight excluding hydrogens is 396 g/mol. The highest BCUT2D eigenvalue weighted by molar-refractivity contribution is 7.88. The number of carbonyl (C=O) groups is 1. The highest BCUT2D eigenvalue weighted by Crippen LogP contribution is 2.28. The summed E-state index contributed by atoms with van der Waals surface area (Å²) in [5, 5.41) is 3.10. The molecule has 3 rings (SSSR count). The molecule has 0 bridgehead atoms. The number of hydrogen-bond donors (Lipinski definition) is 1. The van der Waals surface area contributed by atoms with E-state index in [-0.39, 0.29) is 5.91 Å². The summed E-state index contributed by atoms with van der Waals surface area (Å²) in [5.74, 6) is -0.383. The summed E-state index contributed by atoms with van der Waals surface area (Å²) < 4.78 is 25.7. The standard InChI is InChI=1S/C24H26N2O3S/c1-18-12-10-11-17-21(18)22(19-13-6-4-7-14-19)25-24(27)23(26(2)30(3,28)29)20-15-8-5-9-16-20/h4-17,22-23H,1-3H3,(H,25,27)/t22-,23-/m1/s1. The second-order valence-electron chi connectivity index (χ2n) is 7.30. The third-order valence-electron chi connectivity index (χ3n) is 5.17. The van der Waals surface area contributed by atoms with E-state index in [0.29, 0.717) is 5.56 Å². The lowest BCUT2D eigenvalue weighted by molar-refractivity contribution is -0.125. The Morgan fingerprint density at radius 2 is 1.33 bits per heavy atom. The number of rotatable bonds is 7. The molecule has 0 aliphatic rings. The minimum atomic E-state index is -3.60. The molecule has 1 N–H and O–H groups in total. The molecule has 3 aromatic rings. The summed E-state index contributed by atoms with van der Waals surface area (Å²) in [6, 6.07) is 25.1. The molecule has 6 heteroatoms. The van der Waals surface area contributed by atoms with Crippen LogP contribution in [0.1, 0.15) is 34.3 Å². The van der Waals surface area contributed by atoms with Crippen molar-refractivity contribution in [2.75, 3.05) is 13.3 Å². The normalized spacial score (nSPS) is 13.6. The highest BCUT2D eigenvalue weighted by atomic mass is 32.2. The molecule has 30 heavy (non-hydrogen) atoms. The number of sulfonamides is 1. The fourth-order valence-corrected chi connectivity index (χ4v) is 4.07. The number of benzene rings is 3. The fraction of sp³-hybridized carbons (Fsp3) is 0.208. The first kappa shape index (κ1) is 21.7. The molecule has 1 amide bonds. The average molecular weight is 423 g/mol. The van der Waals surface area contributed by atoms with Crippen molar-refractivity contribution in [3.63, 3.8) is 0 Å². The van der Waals surface area contributed by atoms with Gasteiger partial charge in [-0.3, -0.25) is 4.79 Å². The van der Waals surface area contributed by atoms with E-state index in [4.69, 9.17) is 0 Å². The van der Waals surface area contributed by atoms with Gasteiger partial charge in [-0.15, -0.1) is 0 Å². The van der Waals surface area contributed by atoms with Crippen LogP contribution < -0.4 is 5.32 Å². The van der Waals surface area contributed by atoms with E-state index in [1.165, 1.54) is 7.05 Å². The summed E-state index contributed by atoms with van der Waals surface area (Å²) in [6.45, 7) is 1.99. The van der Waals surface area contributed by atoms with Crippen LogP contribution in [0.5, 0.6) is 0 Å². The Balaban J connectivity index is 2.04. The Morgan fingerprint density at radius 1 is 0.833 bits per heavy atom. The average Bonchev–Trinajstić information content (AvgIpc) is 2.73. The van der Waals surface area contributed by atoms with E-state index in [0.717, 1.165) is 27.3 Å². The van der Waals surface area contributed by atoms with E-state index in [1.807, 2.05) is 67.6 Å². The van der Waals surface area contributed by atoms with Gasteiger partial charge in [0, 0.05) is 7.05 Å². The third kappa shape index (κ3) is 4.96. The number of aryl methyl sites for hydroxylation is 1. The number of likely N-dealkylation sites (N-methyl/N-ethyl adjacent to an activating group) is 1. The first-order valence-corrected chi connectivity index (χ1v) is 11.5. The molecule has 0 spiro atoms. The van der Waals surface area contributed by atoms with Crippen molar-refractivity contribution in [1.29, 1.82) is 0 Å². The van der Waals surface area contributed by atoms with Crippen molar-refractivity contribution in [2.24, 2.45) is 0 Å². The summed E-state index contributed by atoms with van der Waals surface area (Å²) in [5.41, 5.74) is 3.54. The second kappa shape index (κ2) is 9.24. The Kier molecular flexibility index (Phi) is 6.70. The lowest BCUT2D eigenvalue weighted by Crippen LogP contribution is -2.42. The van der Waals surface area contributed by atoms with Gasteiger partial charge in [0.2, 0.25) is 15.9 Å². The molecule has 5 nitrogen and oxygen atoms in total. The minimum absolute atomic E-state index is 0.383. The Hall–Kier alpha value is -2.96. The van der Waals surface area contributed by atoms with Gasteiger partial charge < -0.3 is 5.32 Å². The quantitative estimate of drug-likeness (QED) is 0.629. The zero-order chi connectivity index (χ0) is 21.7. The molecule has 0 saturated heterocycles. The topological polar surface area (TPSA) is 66.5 Å². The van der Waals surface area contributed by atoms with Crippen molar-refractivity contribution in [3.05, 3.63) is 107 Å². The summed E-state index contributed by atoms with van der Waals surface area (Å²) in [7, 11) is -2.17. The molecule has 0 saturated carbocycles. The van der Waals surface area contributed by atoms with Gasteiger partial charge in [-0.2, -0.15) is 4.31 Å². The monoisotopic (exact) mass is 422 g/mol. The van der Waals surface area contributed by atoms with Crippen molar-refractivity contribution in [1.82, 2.24) is 9.62 Å². The van der Waals surface area contributed by atoms with Gasteiger partial charge in [-0.25, -0.2) is 8.42 Å². The van der Waals surface area contributed by atoms with Gasteiger partial charge in [0.05, 0.1) is 12.3 Å². The van der Waals surface area contributed by atoms with Crippen LogP contribution in [-0.2, 0) is 14.8 Å². The van der Waals surface area contributed by atoms with Crippen molar-refractivity contribution in [2.45, 2.75) is 19.0 Å². The number of nitrogens with one attached hydrogen (secondary N) is 1. The number of amides is 1. The van der Waals surface area contributed by atoms with Crippen molar-refractivity contribution < 1.29 is 13.2 Å². The largest absolute Gasteiger partial charge is 0.343 e. The van der Waals surface area contributed by atoms with Crippen LogP contribution >= 0.6 is 0 Å². The molecule has 3 aromatic carbocycles. The van der Waals surface area contributed by atoms with Gasteiger partial charge in [0.1, 0.15) is 6.04 Å². The first-order valence-electron chi connectivity index (χ1n) is 9.68. The van der Waals surface area contributed by atoms with E-state index in [1.54, 1.807) is 24.3 Å². The maximum atomic E-state index is 13.5. The predicted molar refractivity (Wildman–Crippen MR) is 119 cm³/mol.